The van der Waals surface area contributed by atoms with Gasteiger partial charge in [-0.05, 0) is 68.7 Å². The van der Waals surface area contributed by atoms with Crippen LogP contribution in [0, 0.1) is 11.8 Å². The first kappa shape index (κ1) is 20.1. The minimum absolute atomic E-state index is 0. The van der Waals surface area contributed by atoms with Crippen molar-refractivity contribution in [3.05, 3.63) is 28.7 Å². The molecular weight excluding hydrogens is 408 g/mol. The molecule has 2 saturated carbocycles. The molecule has 3 nitrogen and oxygen atoms in total. The predicted octanol–water partition coefficient (Wildman–Crippen LogP) is 4.37. The normalized spacial score (nSPS) is 30.1. The van der Waals surface area contributed by atoms with E-state index in [4.69, 9.17) is 5.73 Å². The predicted molar refractivity (Wildman–Crippen MR) is 107 cm³/mol. The van der Waals surface area contributed by atoms with E-state index < -0.39 is 0 Å². The average Bonchev–Trinajstić information content (AvgIpc) is 2.50. The van der Waals surface area contributed by atoms with Crippen LogP contribution in [0.15, 0.2) is 33.6 Å². The van der Waals surface area contributed by atoms with Gasteiger partial charge in [0.2, 0.25) is 5.91 Å². The van der Waals surface area contributed by atoms with Crippen LogP contribution in [0.4, 0.5) is 0 Å². The molecule has 2 fully saturated rings. The number of nitrogens with two attached hydrogens (primary N) is 1. The molecule has 134 valence electrons. The lowest BCUT2D eigenvalue weighted by atomic mass is 9.67. The fraction of sp³-hybridized carbons (Fsp3) is 0.611. The van der Waals surface area contributed by atoms with Gasteiger partial charge in [-0.15, -0.1) is 24.2 Å². The first-order valence-corrected chi connectivity index (χ1v) is 10.2. The molecule has 3 unspecified atom stereocenters. The third-order valence-corrected chi connectivity index (χ3v) is 6.82. The lowest BCUT2D eigenvalue weighted by Crippen LogP contribution is -2.54. The van der Waals surface area contributed by atoms with Crippen molar-refractivity contribution in [3.8, 4) is 0 Å². The summed E-state index contributed by atoms with van der Waals surface area (Å²) in [7, 11) is 0. The first-order chi connectivity index (χ1) is 11.0. The van der Waals surface area contributed by atoms with Gasteiger partial charge in [0, 0.05) is 21.5 Å². The van der Waals surface area contributed by atoms with Crippen LogP contribution in [0.25, 0.3) is 0 Å². The molecule has 0 heterocycles. The van der Waals surface area contributed by atoms with Crippen molar-refractivity contribution in [2.45, 2.75) is 61.3 Å². The molecule has 2 aliphatic carbocycles. The van der Waals surface area contributed by atoms with E-state index in [9.17, 15) is 4.79 Å². The van der Waals surface area contributed by atoms with E-state index in [-0.39, 0.29) is 23.6 Å². The van der Waals surface area contributed by atoms with Gasteiger partial charge in [0.25, 0.3) is 0 Å². The Kier molecular flexibility index (Phi) is 7.47. The van der Waals surface area contributed by atoms with Crippen LogP contribution in [0.2, 0.25) is 0 Å². The van der Waals surface area contributed by atoms with Crippen LogP contribution in [-0.4, -0.2) is 23.2 Å². The Morgan fingerprint density at radius 3 is 2.42 bits per heavy atom. The number of hydrogen-bond acceptors (Lipinski definition) is 3. The number of amides is 1. The number of carbonyl (C=O) groups is 1. The highest BCUT2D eigenvalue weighted by Crippen LogP contribution is 2.40. The summed E-state index contributed by atoms with van der Waals surface area (Å²) in [6.07, 6.45) is 5.84. The van der Waals surface area contributed by atoms with E-state index in [0.717, 1.165) is 22.2 Å². The van der Waals surface area contributed by atoms with Crippen molar-refractivity contribution in [3.63, 3.8) is 0 Å². The largest absolute Gasteiger partial charge is 0.352 e. The SMILES string of the molecule is CC(Sc1ccc(Br)cc1)C(=O)NC1C2CCCC1CC(N)C2.Cl. The molecule has 3 atom stereocenters. The van der Waals surface area contributed by atoms with Crippen molar-refractivity contribution in [1.29, 1.82) is 0 Å². The molecule has 1 amide bonds. The number of carbonyl (C=O) groups excluding carboxylic acids is 1. The second-order valence-electron chi connectivity index (χ2n) is 6.93. The molecule has 3 N–H and O–H groups in total. The topological polar surface area (TPSA) is 55.1 Å². The number of thioether (sulfide) groups is 1. The summed E-state index contributed by atoms with van der Waals surface area (Å²) < 4.78 is 1.06. The zero-order valence-electron chi connectivity index (χ0n) is 13.9. The monoisotopic (exact) mass is 432 g/mol. The van der Waals surface area contributed by atoms with Gasteiger partial charge in [-0.2, -0.15) is 0 Å². The minimum Gasteiger partial charge on any atom is -0.352 e. The van der Waals surface area contributed by atoms with Crippen LogP contribution < -0.4 is 11.1 Å². The Balaban J connectivity index is 0.00000208. The third-order valence-electron chi connectivity index (χ3n) is 5.18. The smallest absolute Gasteiger partial charge is 0.233 e. The average molecular weight is 434 g/mol. The van der Waals surface area contributed by atoms with Gasteiger partial charge in [-0.3, -0.25) is 4.79 Å². The second kappa shape index (κ2) is 8.93. The number of rotatable bonds is 4. The molecule has 1 aromatic carbocycles. The van der Waals surface area contributed by atoms with Crippen molar-refractivity contribution in [1.82, 2.24) is 5.32 Å². The van der Waals surface area contributed by atoms with Gasteiger partial charge in [-0.1, -0.05) is 22.4 Å². The Labute approximate surface area is 163 Å². The highest BCUT2D eigenvalue weighted by Gasteiger charge is 2.40. The van der Waals surface area contributed by atoms with Gasteiger partial charge in [0.15, 0.2) is 0 Å². The van der Waals surface area contributed by atoms with Crippen LogP contribution in [0.1, 0.15) is 39.0 Å². The summed E-state index contributed by atoms with van der Waals surface area (Å²) in [5.41, 5.74) is 6.17. The molecule has 0 saturated heterocycles. The Bertz CT molecular complexity index is 542. The Morgan fingerprint density at radius 1 is 1.25 bits per heavy atom. The van der Waals surface area contributed by atoms with Gasteiger partial charge < -0.3 is 11.1 Å². The van der Waals surface area contributed by atoms with Gasteiger partial charge in [0.1, 0.15) is 0 Å². The fourth-order valence-corrected chi connectivity index (χ4v) is 5.22. The Hall–Kier alpha value is -0.230. The number of halogens is 2. The molecule has 3 rings (SSSR count). The van der Waals surface area contributed by atoms with Crippen LogP contribution in [0.5, 0.6) is 0 Å². The molecule has 2 aliphatic rings. The van der Waals surface area contributed by atoms with E-state index in [2.05, 4.69) is 21.2 Å². The molecular formula is C18H26BrClN2OS. The second-order valence-corrected chi connectivity index (χ2v) is 9.26. The molecule has 0 radical (unpaired) electrons. The number of benzene rings is 1. The molecule has 2 bridgehead atoms. The summed E-state index contributed by atoms with van der Waals surface area (Å²) in [5.74, 6) is 1.31. The molecule has 1 aromatic rings. The summed E-state index contributed by atoms with van der Waals surface area (Å²) in [6, 6.07) is 8.79. The van der Waals surface area contributed by atoms with E-state index in [0.29, 0.717) is 23.9 Å². The number of nitrogens with one attached hydrogen (secondary N) is 1. The summed E-state index contributed by atoms with van der Waals surface area (Å²) >= 11 is 5.06. The number of hydrogen-bond donors (Lipinski definition) is 2. The molecule has 24 heavy (non-hydrogen) atoms. The van der Waals surface area contributed by atoms with Crippen molar-refractivity contribution >= 4 is 46.0 Å². The third kappa shape index (κ3) is 4.90. The van der Waals surface area contributed by atoms with E-state index in [1.165, 1.54) is 19.3 Å². The standard InChI is InChI=1S/C18H25BrN2OS.ClH/c1-11(23-16-7-5-14(19)6-8-16)18(22)21-17-12-3-2-4-13(17)10-15(20)9-12;/h5-8,11-13,15,17H,2-4,9-10,20H2,1H3,(H,21,22);1H. The lowest BCUT2D eigenvalue weighted by Gasteiger charge is -2.45. The highest BCUT2D eigenvalue weighted by atomic mass is 79.9. The van der Waals surface area contributed by atoms with Gasteiger partial charge in [-0.25, -0.2) is 0 Å². The van der Waals surface area contributed by atoms with Crippen molar-refractivity contribution < 1.29 is 4.79 Å². The lowest BCUT2D eigenvalue weighted by molar-refractivity contribution is -0.122. The summed E-state index contributed by atoms with van der Waals surface area (Å²) in [4.78, 5) is 13.7. The summed E-state index contributed by atoms with van der Waals surface area (Å²) in [5, 5.41) is 3.27. The molecule has 6 heteroatoms. The molecule has 0 spiro atoms. The maximum absolute atomic E-state index is 12.6. The maximum Gasteiger partial charge on any atom is 0.233 e. The van der Waals surface area contributed by atoms with Gasteiger partial charge >= 0.3 is 0 Å². The van der Waals surface area contributed by atoms with E-state index in [1.807, 2.05) is 31.2 Å². The Morgan fingerprint density at radius 2 is 1.83 bits per heavy atom. The molecule has 0 aromatic heterocycles. The minimum atomic E-state index is -0.0764. The zero-order valence-corrected chi connectivity index (χ0v) is 17.1. The summed E-state index contributed by atoms with van der Waals surface area (Å²) in [6.45, 7) is 1.99. The van der Waals surface area contributed by atoms with Crippen molar-refractivity contribution in [2.24, 2.45) is 17.6 Å². The first-order valence-electron chi connectivity index (χ1n) is 8.51. The molecule has 0 aliphatic heterocycles. The highest BCUT2D eigenvalue weighted by molar-refractivity contribution is 9.10. The van der Waals surface area contributed by atoms with Crippen LogP contribution >= 0.6 is 40.1 Å². The fourth-order valence-electron chi connectivity index (χ4n) is 4.08. The van der Waals surface area contributed by atoms with Crippen LogP contribution in [0.3, 0.4) is 0 Å². The number of fused-ring (bicyclic) bond motifs is 2. The quantitative estimate of drug-likeness (QED) is 0.693. The van der Waals surface area contributed by atoms with E-state index in [1.54, 1.807) is 11.8 Å². The van der Waals surface area contributed by atoms with Crippen molar-refractivity contribution in [2.75, 3.05) is 0 Å². The van der Waals surface area contributed by atoms with Crippen LogP contribution in [-0.2, 0) is 4.79 Å². The van der Waals surface area contributed by atoms with Gasteiger partial charge in [0.05, 0.1) is 5.25 Å². The van der Waals surface area contributed by atoms with E-state index >= 15 is 0 Å². The maximum atomic E-state index is 12.6. The zero-order chi connectivity index (χ0) is 16.4.